The molecule has 0 saturated carbocycles. The fraction of sp³-hybridized carbons (Fsp3) is 0.533. The number of hydrogen-bond donors (Lipinski definition) is 1. The normalized spacial score (nSPS) is 12.6. The maximum atomic E-state index is 12.4. The summed E-state index contributed by atoms with van der Waals surface area (Å²) < 4.78 is 5.23. The number of aliphatic hydroxyl groups is 1. The third kappa shape index (κ3) is 2.72. The number of methoxy groups -OCH3 is 1. The Bertz CT molecular complexity index is 436. The predicted octanol–water partition coefficient (Wildman–Crippen LogP) is 2.76. The zero-order chi connectivity index (χ0) is 13.9. The largest absolute Gasteiger partial charge is 0.496 e. The minimum absolute atomic E-state index is 0.00996. The quantitative estimate of drug-likeness (QED) is 0.817. The van der Waals surface area contributed by atoms with E-state index in [-0.39, 0.29) is 24.2 Å². The molecule has 3 nitrogen and oxygen atoms in total. The highest BCUT2D eigenvalue weighted by Crippen LogP contribution is 2.27. The SMILES string of the molecule is COc1ccc(C(=O)C(CO)C(C)C)c(C)c1C. The van der Waals surface area contributed by atoms with E-state index in [0.717, 1.165) is 16.9 Å². The minimum atomic E-state index is -0.337. The number of ether oxygens (including phenoxy) is 1. The molecule has 1 aromatic carbocycles. The van der Waals surface area contributed by atoms with Crippen molar-refractivity contribution >= 4 is 5.78 Å². The number of aliphatic hydroxyl groups excluding tert-OH is 1. The minimum Gasteiger partial charge on any atom is -0.496 e. The average Bonchev–Trinajstić information content (AvgIpc) is 2.32. The Morgan fingerprint density at radius 2 is 1.89 bits per heavy atom. The van der Waals surface area contributed by atoms with E-state index in [1.54, 1.807) is 13.2 Å². The number of rotatable bonds is 5. The van der Waals surface area contributed by atoms with Crippen molar-refractivity contribution in [2.45, 2.75) is 27.7 Å². The number of ketones is 1. The van der Waals surface area contributed by atoms with Crippen molar-refractivity contribution in [3.63, 3.8) is 0 Å². The first-order valence-corrected chi connectivity index (χ1v) is 6.23. The van der Waals surface area contributed by atoms with Gasteiger partial charge in [0.1, 0.15) is 5.75 Å². The van der Waals surface area contributed by atoms with Crippen LogP contribution in [0.4, 0.5) is 0 Å². The second-order valence-corrected chi connectivity index (χ2v) is 4.96. The van der Waals surface area contributed by atoms with Gasteiger partial charge in [0, 0.05) is 11.5 Å². The highest BCUT2D eigenvalue weighted by atomic mass is 16.5. The third-order valence-electron chi connectivity index (χ3n) is 3.56. The molecule has 1 N–H and O–H groups in total. The molecule has 1 atom stereocenters. The summed E-state index contributed by atoms with van der Waals surface area (Å²) in [6, 6.07) is 3.60. The topological polar surface area (TPSA) is 46.5 Å². The summed E-state index contributed by atoms with van der Waals surface area (Å²) in [5, 5.41) is 9.34. The highest BCUT2D eigenvalue weighted by molar-refractivity contribution is 5.99. The van der Waals surface area contributed by atoms with Gasteiger partial charge >= 0.3 is 0 Å². The van der Waals surface area contributed by atoms with Crippen LogP contribution < -0.4 is 4.74 Å². The number of carbonyl (C=O) groups excluding carboxylic acids is 1. The fourth-order valence-electron chi connectivity index (χ4n) is 2.08. The summed E-state index contributed by atoms with van der Waals surface area (Å²) in [4.78, 5) is 12.4. The zero-order valence-electron chi connectivity index (χ0n) is 11.8. The van der Waals surface area contributed by atoms with Gasteiger partial charge in [-0.1, -0.05) is 13.8 Å². The summed E-state index contributed by atoms with van der Waals surface area (Å²) in [5.74, 6) is 0.589. The van der Waals surface area contributed by atoms with Crippen molar-refractivity contribution in [3.05, 3.63) is 28.8 Å². The lowest BCUT2D eigenvalue weighted by molar-refractivity contribution is 0.0806. The van der Waals surface area contributed by atoms with Crippen LogP contribution in [0.25, 0.3) is 0 Å². The van der Waals surface area contributed by atoms with Gasteiger partial charge in [0.2, 0.25) is 0 Å². The first-order valence-electron chi connectivity index (χ1n) is 6.23. The van der Waals surface area contributed by atoms with Crippen LogP contribution in [-0.4, -0.2) is 24.6 Å². The highest BCUT2D eigenvalue weighted by Gasteiger charge is 2.24. The molecule has 1 rings (SSSR count). The molecular weight excluding hydrogens is 228 g/mol. The molecule has 0 aliphatic rings. The van der Waals surface area contributed by atoms with Crippen molar-refractivity contribution in [1.82, 2.24) is 0 Å². The first kappa shape index (κ1) is 14.7. The molecule has 1 aromatic rings. The van der Waals surface area contributed by atoms with E-state index in [4.69, 9.17) is 4.74 Å². The van der Waals surface area contributed by atoms with Crippen molar-refractivity contribution in [2.75, 3.05) is 13.7 Å². The van der Waals surface area contributed by atoms with Crippen LogP contribution in [0.1, 0.15) is 35.3 Å². The summed E-state index contributed by atoms with van der Waals surface area (Å²) in [5.41, 5.74) is 2.59. The number of benzene rings is 1. The molecule has 18 heavy (non-hydrogen) atoms. The van der Waals surface area contributed by atoms with Gasteiger partial charge in [0.15, 0.2) is 5.78 Å². The summed E-state index contributed by atoms with van der Waals surface area (Å²) in [7, 11) is 1.62. The standard InChI is InChI=1S/C15H22O3/c1-9(2)13(8-16)15(17)12-6-7-14(18-5)11(4)10(12)3/h6-7,9,13,16H,8H2,1-5H3. The molecule has 100 valence electrons. The maximum Gasteiger partial charge on any atom is 0.168 e. The lowest BCUT2D eigenvalue weighted by atomic mass is 9.86. The molecule has 0 aliphatic carbocycles. The monoisotopic (exact) mass is 250 g/mol. The van der Waals surface area contributed by atoms with Gasteiger partial charge in [-0.05, 0) is 43.0 Å². The lowest BCUT2D eigenvalue weighted by Crippen LogP contribution is -2.25. The zero-order valence-corrected chi connectivity index (χ0v) is 11.8. The molecular formula is C15H22O3. The van der Waals surface area contributed by atoms with Gasteiger partial charge in [-0.15, -0.1) is 0 Å². The maximum absolute atomic E-state index is 12.4. The van der Waals surface area contributed by atoms with E-state index in [9.17, 15) is 9.90 Å². The van der Waals surface area contributed by atoms with Crippen LogP contribution in [0.2, 0.25) is 0 Å². The molecule has 0 heterocycles. The lowest BCUT2D eigenvalue weighted by Gasteiger charge is -2.19. The summed E-state index contributed by atoms with van der Waals surface area (Å²) in [6.07, 6.45) is 0. The van der Waals surface area contributed by atoms with Crippen LogP contribution in [0.15, 0.2) is 12.1 Å². The number of carbonyl (C=O) groups is 1. The van der Waals surface area contributed by atoms with E-state index in [2.05, 4.69) is 0 Å². The van der Waals surface area contributed by atoms with Gasteiger partial charge in [0.25, 0.3) is 0 Å². The Balaban J connectivity index is 3.18. The second-order valence-electron chi connectivity index (χ2n) is 4.96. The predicted molar refractivity (Wildman–Crippen MR) is 72.2 cm³/mol. The fourth-order valence-corrected chi connectivity index (χ4v) is 2.08. The van der Waals surface area contributed by atoms with E-state index in [1.807, 2.05) is 33.8 Å². The molecule has 0 fully saturated rings. The van der Waals surface area contributed by atoms with Crippen molar-refractivity contribution < 1.29 is 14.6 Å². The summed E-state index contributed by atoms with van der Waals surface area (Å²) in [6.45, 7) is 7.64. The van der Waals surface area contributed by atoms with Crippen LogP contribution in [0.3, 0.4) is 0 Å². The second kappa shape index (κ2) is 6.01. The van der Waals surface area contributed by atoms with Crippen LogP contribution in [0, 0.1) is 25.7 Å². The third-order valence-corrected chi connectivity index (χ3v) is 3.56. The summed E-state index contributed by atoms with van der Waals surface area (Å²) >= 11 is 0. The molecule has 3 heteroatoms. The van der Waals surface area contributed by atoms with Gasteiger partial charge in [0.05, 0.1) is 13.7 Å². The Hall–Kier alpha value is -1.35. The van der Waals surface area contributed by atoms with Gasteiger partial charge < -0.3 is 9.84 Å². The first-order chi connectivity index (χ1) is 8.43. The van der Waals surface area contributed by atoms with Gasteiger partial charge in [-0.2, -0.15) is 0 Å². The van der Waals surface area contributed by atoms with E-state index >= 15 is 0 Å². The molecule has 0 radical (unpaired) electrons. The van der Waals surface area contributed by atoms with Crippen molar-refractivity contribution in [3.8, 4) is 5.75 Å². The Labute approximate surface area is 109 Å². The Kier molecular flexibility index (Phi) is 4.91. The molecule has 0 saturated heterocycles. The number of hydrogen-bond acceptors (Lipinski definition) is 3. The molecule has 0 spiro atoms. The number of Topliss-reactive ketones (excluding diaryl/α,β-unsaturated/α-hetero) is 1. The van der Waals surface area contributed by atoms with E-state index < -0.39 is 0 Å². The van der Waals surface area contributed by atoms with Gasteiger partial charge in [-0.25, -0.2) is 0 Å². The van der Waals surface area contributed by atoms with E-state index in [0.29, 0.717) is 5.56 Å². The van der Waals surface area contributed by atoms with Crippen molar-refractivity contribution in [1.29, 1.82) is 0 Å². The van der Waals surface area contributed by atoms with Crippen molar-refractivity contribution in [2.24, 2.45) is 11.8 Å². The van der Waals surface area contributed by atoms with Gasteiger partial charge in [-0.3, -0.25) is 4.79 Å². The van der Waals surface area contributed by atoms with E-state index in [1.165, 1.54) is 0 Å². The Morgan fingerprint density at radius 3 is 2.33 bits per heavy atom. The Morgan fingerprint density at radius 1 is 1.28 bits per heavy atom. The molecule has 0 aromatic heterocycles. The van der Waals surface area contributed by atoms with Crippen LogP contribution in [-0.2, 0) is 0 Å². The molecule has 0 amide bonds. The van der Waals surface area contributed by atoms with Crippen LogP contribution in [0.5, 0.6) is 5.75 Å². The smallest absolute Gasteiger partial charge is 0.168 e. The van der Waals surface area contributed by atoms with Crippen LogP contribution >= 0.6 is 0 Å². The average molecular weight is 250 g/mol. The molecule has 0 bridgehead atoms. The molecule has 0 aliphatic heterocycles. The molecule has 1 unspecified atom stereocenters.